The van der Waals surface area contributed by atoms with Gasteiger partial charge in [-0.3, -0.25) is 4.79 Å². The molecule has 0 aliphatic carbocycles. The van der Waals surface area contributed by atoms with Crippen LogP contribution in [-0.4, -0.2) is 44.1 Å². The number of amides is 1. The lowest BCUT2D eigenvalue weighted by atomic mass is 10.2. The van der Waals surface area contributed by atoms with Gasteiger partial charge in [-0.1, -0.05) is 28.1 Å². The molecule has 0 radical (unpaired) electrons. The van der Waals surface area contributed by atoms with Crippen molar-refractivity contribution in [3.8, 4) is 5.75 Å². The normalized spacial score (nSPS) is 14.7. The second kappa shape index (κ2) is 8.36. The molecule has 2 aromatic carbocycles. The zero-order chi connectivity index (χ0) is 18.5. The second-order valence-corrected chi connectivity index (χ2v) is 6.90. The van der Waals surface area contributed by atoms with E-state index in [0.717, 1.165) is 29.0 Å². The van der Waals surface area contributed by atoms with Crippen LogP contribution in [-0.2, 0) is 4.79 Å². The molecule has 0 saturated carbocycles. The highest BCUT2D eigenvalue weighted by atomic mass is 79.9. The summed E-state index contributed by atoms with van der Waals surface area (Å²) in [5, 5.41) is 0. The summed E-state index contributed by atoms with van der Waals surface area (Å²) in [6.07, 6.45) is 2.96. The van der Waals surface area contributed by atoms with Crippen molar-refractivity contribution in [1.29, 1.82) is 0 Å². The van der Waals surface area contributed by atoms with Gasteiger partial charge in [-0.15, -0.1) is 0 Å². The maximum Gasteiger partial charge on any atom is 0.246 e. The van der Waals surface area contributed by atoms with Gasteiger partial charge in [0.15, 0.2) is 0 Å². The molecule has 0 aromatic heterocycles. The summed E-state index contributed by atoms with van der Waals surface area (Å²) in [5.74, 6) is 0.375. The van der Waals surface area contributed by atoms with Crippen LogP contribution in [0.1, 0.15) is 5.56 Å². The minimum absolute atomic E-state index is 0.107. The predicted molar refractivity (Wildman–Crippen MR) is 105 cm³/mol. The first-order chi connectivity index (χ1) is 12.6. The van der Waals surface area contributed by atoms with E-state index in [0.29, 0.717) is 18.7 Å². The average Bonchev–Trinajstić information content (AvgIpc) is 2.68. The van der Waals surface area contributed by atoms with E-state index in [2.05, 4.69) is 20.8 Å². The molecule has 0 atom stereocenters. The van der Waals surface area contributed by atoms with Gasteiger partial charge in [0.1, 0.15) is 11.6 Å². The van der Waals surface area contributed by atoms with Crippen molar-refractivity contribution >= 4 is 33.6 Å². The largest absolute Gasteiger partial charge is 0.495 e. The molecular formula is C20H20BrFN2O2. The SMILES string of the molecule is COc1ccccc1N1CCN(C(=O)/C=C/c2cc(Br)ccc2F)CC1. The zero-order valence-electron chi connectivity index (χ0n) is 14.5. The van der Waals surface area contributed by atoms with E-state index in [9.17, 15) is 9.18 Å². The number of hydrogen-bond acceptors (Lipinski definition) is 3. The van der Waals surface area contributed by atoms with Crippen molar-refractivity contribution in [2.45, 2.75) is 0 Å². The maximum absolute atomic E-state index is 13.8. The van der Waals surface area contributed by atoms with E-state index in [4.69, 9.17) is 4.74 Å². The molecule has 1 saturated heterocycles. The number of nitrogens with zero attached hydrogens (tertiary/aromatic N) is 2. The molecular weight excluding hydrogens is 399 g/mol. The van der Waals surface area contributed by atoms with Gasteiger partial charge in [0, 0.05) is 42.3 Å². The Kier molecular flexibility index (Phi) is 5.93. The summed E-state index contributed by atoms with van der Waals surface area (Å²) in [6, 6.07) is 12.5. The highest BCUT2D eigenvalue weighted by Crippen LogP contribution is 2.28. The Morgan fingerprint density at radius 2 is 1.88 bits per heavy atom. The Bertz CT molecular complexity index is 817. The van der Waals surface area contributed by atoms with Crippen molar-refractivity contribution in [3.05, 3.63) is 64.4 Å². The van der Waals surface area contributed by atoms with Crippen molar-refractivity contribution < 1.29 is 13.9 Å². The standard InChI is InChI=1S/C20H20BrFN2O2/c1-26-19-5-3-2-4-18(19)23-10-12-24(13-11-23)20(25)9-6-15-14-16(21)7-8-17(15)22/h2-9,14H,10-13H2,1H3/b9-6+. The van der Waals surface area contributed by atoms with Crippen LogP contribution < -0.4 is 9.64 Å². The molecule has 136 valence electrons. The molecule has 0 bridgehead atoms. The van der Waals surface area contributed by atoms with Crippen molar-refractivity contribution in [3.63, 3.8) is 0 Å². The molecule has 0 N–H and O–H groups in total. The first kappa shape index (κ1) is 18.5. The zero-order valence-corrected chi connectivity index (χ0v) is 16.1. The Labute approximate surface area is 161 Å². The monoisotopic (exact) mass is 418 g/mol. The minimum Gasteiger partial charge on any atom is -0.495 e. The summed E-state index contributed by atoms with van der Waals surface area (Å²) < 4.78 is 19.9. The van der Waals surface area contributed by atoms with E-state index in [1.165, 1.54) is 18.2 Å². The summed E-state index contributed by atoms with van der Waals surface area (Å²) in [5.41, 5.74) is 1.43. The fourth-order valence-corrected chi connectivity index (χ4v) is 3.35. The molecule has 1 fully saturated rings. The first-order valence-corrected chi connectivity index (χ1v) is 9.18. The molecule has 1 aliphatic rings. The third kappa shape index (κ3) is 4.25. The van der Waals surface area contributed by atoms with E-state index >= 15 is 0 Å². The van der Waals surface area contributed by atoms with Crippen LogP contribution in [0, 0.1) is 5.82 Å². The molecule has 4 nitrogen and oxygen atoms in total. The number of piperazine rings is 1. The number of rotatable bonds is 4. The highest BCUT2D eigenvalue weighted by Gasteiger charge is 2.21. The summed E-state index contributed by atoms with van der Waals surface area (Å²) in [6.45, 7) is 2.68. The topological polar surface area (TPSA) is 32.8 Å². The van der Waals surface area contributed by atoms with Crippen LogP contribution in [0.4, 0.5) is 10.1 Å². The van der Waals surface area contributed by atoms with E-state index in [1.807, 2.05) is 24.3 Å². The summed E-state index contributed by atoms with van der Waals surface area (Å²) >= 11 is 3.31. The van der Waals surface area contributed by atoms with Crippen LogP contribution in [0.2, 0.25) is 0 Å². The summed E-state index contributed by atoms with van der Waals surface area (Å²) in [7, 11) is 1.66. The molecule has 1 aliphatic heterocycles. The average molecular weight is 419 g/mol. The fourth-order valence-electron chi connectivity index (χ4n) is 2.97. The van der Waals surface area contributed by atoms with Gasteiger partial charge in [0.25, 0.3) is 0 Å². The van der Waals surface area contributed by atoms with E-state index < -0.39 is 0 Å². The van der Waals surface area contributed by atoms with Crippen molar-refractivity contribution in [2.24, 2.45) is 0 Å². The number of benzene rings is 2. The highest BCUT2D eigenvalue weighted by molar-refractivity contribution is 9.10. The van der Waals surface area contributed by atoms with Gasteiger partial charge >= 0.3 is 0 Å². The van der Waals surface area contributed by atoms with E-state index in [-0.39, 0.29) is 11.7 Å². The number of halogens is 2. The lowest BCUT2D eigenvalue weighted by Gasteiger charge is -2.36. The third-order valence-corrected chi connectivity index (χ3v) is 4.87. The van der Waals surface area contributed by atoms with E-state index in [1.54, 1.807) is 24.1 Å². The molecule has 3 rings (SSSR count). The molecule has 0 spiro atoms. The molecule has 2 aromatic rings. The van der Waals surface area contributed by atoms with Crippen LogP contribution in [0.15, 0.2) is 53.0 Å². The lowest BCUT2D eigenvalue weighted by Crippen LogP contribution is -2.48. The number of anilines is 1. The first-order valence-electron chi connectivity index (χ1n) is 8.38. The van der Waals surface area contributed by atoms with Gasteiger partial charge in [-0.2, -0.15) is 0 Å². The Morgan fingerprint density at radius 1 is 1.15 bits per heavy atom. The van der Waals surface area contributed by atoms with Gasteiger partial charge in [-0.05, 0) is 36.4 Å². The smallest absolute Gasteiger partial charge is 0.246 e. The second-order valence-electron chi connectivity index (χ2n) is 5.98. The maximum atomic E-state index is 13.8. The summed E-state index contributed by atoms with van der Waals surface area (Å²) in [4.78, 5) is 16.4. The minimum atomic E-state index is -0.349. The number of ether oxygens (including phenoxy) is 1. The number of para-hydroxylation sites is 2. The van der Waals surface area contributed by atoms with Crippen molar-refractivity contribution in [1.82, 2.24) is 4.90 Å². The van der Waals surface area contributed by atoms with Crippen molar-refractivity contribution in [2.75, 3.05) is 38.2 Å². The molecule has 6 heteroatoms. The Morgan fingerprint density at radius 3 is 2.62 bits per heavy atom. The number of carbonyl (C=O) groups is 1. The Balaban J connectivity index is 1.62. The van der Waals surface area contributed by atoms with Gasteiger partial charge < -0.3 is 14.5 Å². The fraction of sp³-hybridized carbons (Fsp3) is 0.250. The molecule has 1 heterocycles. The predicted octanol–water partition coefficient (Wildman–Crippen LogP) is 3.96. The molecule has 26 heavy (non-hydrogen) atoms. The Hall–Kier alpha value is -2.34. The molecule has 0 unspecified atom stereocenters. The van der Waals surface area contributed by atoms with Gasteiger partial charge in [0.05, 0.1) is 12.8 Å². The van der Waals surface area contributed by atoms with Crippen LogP contribution in [0.5, 0.6) is 5.75 Å². The number of hydrogen-bond donors (Lipinski definition) is 0. The lowest BCUT2D eigenvalue weighted by molar-refractivity contribution is -0.126. The van der Waals surface area contributed by atoms with Gasteiger partial charge in [-0.25, -0.2) is 4.39 Å². The number of methoxy groups -OCH3 is 1. The molecule has 1 amide bonds. The quantitative estimate of drug-likeness (QED) is 0.704. The van der Waals surface area contributed by atoms with Crippen LogP contribution >= 0.6 is 15.9 Å². The van der Waals surface area contributed by atoms with Crippen LogP contribution in [0.3, 0.4) is 0 Å². The number of carbonyl (C=O) groups excluding carboxylic acids is 1. The van der Waals surface area contributed by atoms with Gasteiger partial charge in [0.2, 0.25) is 5.91 Å². The third-order valence-electron chi connectivity index (χ3n) is 4.38. The van der Waals surface area contributed by atoms with Crippen LogP contribution in [0.25, 0.3) is 6.08 Å².